The predicted octanol–water partition coefficient (Wildman–Crippen LogP) is 4.47. The average molecular weight is 202 g/mol. The summed E-state index contributed by atoms with van der Waals surface area (Å²) < 4.78 is 0. The first-order valence-electron chi connectivity index (χ1n) is 5.87. The van der Waals surface area contributed by atoms with Gasteiger partial charge in [0, 0.05) is 0 Å². The largest absolute Gasteiger partial charge is 0.103 e. The zero-order valence-electron chi connectivity index (χ0n) is 9.95. The molecule has 0 bridgehead atoms. The van der Waals surface area contributed by atoms with E-state index in [2.05, 4.69) is 56.8 Å². The molecule has 0 aliphatic rings. The molecule has 0 radical (unpaired) electrons. The van der Waals surface area contributed by atoms with E-state index in [0.717, 1.165) is 18.3 Å². The van der Waals surface area contributed by atoms with Gasteiger partial charge in [0.2, 0.25) is 0 Å². The molecule has 1 rings (SSSR count). The highest BCUT2D eigenvalue weighted by Gasteiger charge is 2.09. The van der Waals surface area contributed by atoms with Gasteiger partial charge in [0.05, 0.1) is 0 Å². The maximum Gasteiger partial charge on any atom is -0.0247 e. The van der Waals surface area contributed by atoms with Crippen molar-refractivity contribution in [3.05, 3.63) is 48.6 Å². The number of allylic oxidation sites excluding steroid dienone is 1. The Kier molecular flexibility index (Phi) is 5.17. The summed E-state index contributed by atoms with van der Waals surface area (Å²) in [4.78, 5) is 0. The smallest absolute Gasteiger partial charge is 0.0247 e. The third kappa shape index (κ3) is 4.83. The molecule has 0 heterocycles. The highest BCUT2D eigenvalue weighted by molar-refractivity contribution is 5.15. The van der Waals surface area contributed by atoms with Crippen LogP contribution in [0.4, 0.5) is 0 Å². The van der Waals surface area contributed by atoms with Crippen molar-refractivity contribution in [3.8, 4) is 0 Å². The molecule has 0 spiro atoms. The highest BCUT2D eigenvalue weighted by Crippen LogP contribution is 2.20. The van der Waals surface area contributed by atoms with Crippen LogP contribution in [0.1, 0.15) is 32.3 Å². The number of hydrogen-bond acceptors (Lipinski definition) is 0. The summed E-state index contributed by atoms with van der Waals surface area (Å²) in [5, 5.41) is 0. The summed E-state index contributed by atoms with van der Waals surface area (Å²) in [5.74, 6) is 1.53. The minimum atomic E-state index is 0.755. The first kappa shape index (κ1) is 12.0. The fraction of sp³-hybridized carbons (Fsp3) is 0.467. The lowest BCUT2D eigenvalue weighted by molar-refractivity contribution is 0.410. The maximum absolute atomic E-state index is 3.85. The van der Waals surface area contributed by atoms with Crippen molar-refractivity contribution in [2.45, 2.75) is 33.1 Å². The second-order valence-electron chi connectivity index (χ2n) is 4.71. The Morgan fingerprint density at radius 3 is 2.40 bits per heavy atom. The van der Waals surface area contributed by atoms with E-state index >= 15 is 0 Å². The van der Waals surface area contributed by atoms with Gasteiger partial charge in [-0.1, -0.05) is 50.3 Å². The maximum atomic E-state index is 3.85. The number of hydrogen-bond donors (Lipinski definition) is 0. The molecule has 0 fully saturated rings. The van der Waals surface area contributed by atoms with Gasteiger partial charge in [-0.15, -0.1) is 6.58 Å². The fourth-order valence-electron chi connectivity index (χ4n) is 2.11. The Morgan fingerprint density at radius 1 is 1.20 bits per heavy atom. The summed E-state index contributed by atoms with van der Waals surface area (Å²) in [6.07, 6.45) is 5.66. The standard InChI is InChI=1S/C15H22/c1-4-8-15(11-13(2)3)12-14-9-6-5-7-10-14/h4-7,9-10,13,15H,1,8,11-12H2,2-3H3. The first-order chi connectivity index (χ1) is 7.22. The molecular formula is C15H22. The fourth-order valence-corrected chi connectivity index (χ4v) is 2.11. The lowest BCUT2D eigenvalue weighted by atomic mass is 9.88. The molecule has 0 saturated heterocycles. The van der Waals surface area contributed by atoms with Crippen LogP contribution in [0.2, 0.25) is 0 Å². The monoisotopic (exact) mass is 202 g/mol. The molecule has 0 amide bonds. The Hall–Kier alpha value is -1.04. The summed E-state index contributed by atoms with van der Waals surface area (Å²) in [6, 6.07) is 10.8. The van der Waals surface area contributed by atoms with Gasteiger partial charge >= 0.3 is 0 Å². The second kappa shape index (κ2) is 6.44. The van der Waals surface area contributed by atoms with Crippen LogP contribution >= 0.6 is 0 Å². The number of benzene rings is 1. The molecule has 82 valence electrons. The van der Waals surface area contributed by atoms with Crippen molar-refractivity contribution in [2.75, 3.05) is 0 Å². The van der Waals surface area contributed by atoms with E-state index in [1.54, 1.807) is 0 Å². The average Bonchev–Trinajstić information content (AvgIpc) is 2.18. The van der Waals surface area contributed by atoms with Gasteiger partial charge in [-0.3, -0.25) is 0 Å². The lowest BCUT2D eigenvalue weighted by Crippen LogP contribution is -2.07. The molecule has 0 N–H and O–H groups in total. The zero-order chi connectivity index (χ0) is 11.1. The van der Waals surface area contributed by atoms with Crippen LogP contribution in [0.15, 0.2) is 43.0 Å². The van der Waals surface area contributed by atoms with Crippen LogP contribution in [-0.4, -0.2) is 0 Å². The lowest BCUT2D eigenvalue weighted by Gasteiger charge is -2.17. The van der Waals surface area contributed by atoms with Gasteiger partial charge in [0.1, 0.15) is 0 Å². The van der Waals surface area contributed by atoms with E-state index in [4.69, 9.17) is 0 Å². The molecule has 0 aromatic heterocycles. The van der Waals surface area contributed by atoms with Crippen LogP contribution < -0.4 is 0 Å². The van der Waals surface area contributed by atoms with Crippen molar-refractivity contribution >= 4 is 0 Å². The highest BCUT2D eigenvalue weighted by atomic mass is 14.1. The van der Waals surface area contributed by atoms with Crippen LogP contribution in [0.5, 0.6) is 0 Å². The molecule has 0 aliphatic heterocycles. The SMILES string of the molecule is C=CCC(Cc1ccccc1)CC(C)C. The molecule has 1 atom stereocenters. The predicted molar refractivity (Wildman–Crippen MR) is 67.9 cm³/mol. The van der Waals surface area contributed by atoms with Crippen LogP contribution in [-0.2, 0) is 6.42 Å². The third-order valence-corrected chi connectivity index (χ3v) is 2.67. The second-order valence-corrected chi connectivity index (χ2v) is 4.71. The Labute approximate surface area is 94.0 Å². The van der Waals surface area contributed by atoms with Crippen LogP contribution in [0, 0.1) is 11.8 Å². The number of rotatable bonds is 6. The van der Waals surface area contributed by atoms with E-state index in [1.165, 1.54) is 18.4 Å². The van der Waals surface area contributed by atoms with E-state index in [0.29, 0.717) is 0 Å². The van der Waals surface area contributed by atoms with E-state index in [-0.39, 0.29) is 0 Å². The van der Waals surface area contributed by atoms with Gasteiger partial charge in [-0.2, -0.15) is 0 Å². The van der Waals surface area contributed by atoms with E-state index in [9.17, 15) is 0 Å². The summed E-state index contributed by atoms with van der Waals surface area (Å²) in [5.41, 5.74) is 1.45. The molecule has 1 aromatic rings. The minimum Gasteiger partial charge on any atom is -0.103 e. The molecular weight excluding hydrogens is 180 g/mol. The van der Waals surface area contributed by atoms with Gasteiger partial charge in [0.15, 0.2) is 0 Å². The van der Waals surface area contributed by atoms with Crippen molar-refractivity contribution < 1.29 is 0 Å². The molecule has 1 aromatic carbocycles. The van der Waals surface area contributed by atoms with Crippen LogP contribution in [0.3, 0.4) is 0 Å². The van der Waals surface area contributed by atoms with Gasteiger partial charge in [0.25, 0.3) is 0 Å². The van der Waals surface area contributed by atoms with Gasteiger partial charge in [-0.25, -0.2) is 0 Å². The topological polar surface area (TPSA) is 0 Å². The third-order valence-electron chi connectivity index (χ3n) is 2.67. The van der Waals surface area contributed by atoms with Crippen LogP contribution in [0.25, 0.3) is 0 Å². The normalized spacial score (nSPS) is 12.7. The zero-order valence-corrected chi connectivity index (χ0v) is 9.95. The first-order valence-corrected chi connectivity index (χ1v) is 5.87. The summed E-state index contributed by atoms with van der Waals surface area (Å²) in [7, 11) is 0. The Morgan fingerprint density at radius 2 is 1.87 bits per heavy atom. The van der Waals surface area contributed by atoms with Crippen molar-refractivity contribution in [1.82, 2.24) is 0 Å². The quantitative estimate of drug-likeness (QED) is 0.597. The van der Waals surface area contributed by atoms with E-state index in [1.807, 2.05) is 0 Å². The summed E-state index contributed by atoms with van der Waals surface area (Å²) >= 11 is 0. The van der Waals surface area contributed by atoms with E-state index < -0.39 is 0 Å². The van der Waals surface area contributed by atoms with Gasteiger partial charge in [-0.05, 0) is 36.7 Å². The molecule has 0 nitrogen and oxygen atoms in total. The summed E-state index contributed by atoms with van der Waals surface area (Å²) in [6.45, 7) is 8.43. The Bertz CT molecular complexity index is 271. The molecule has 15 heavy (non-hydrogen) atoms. The van der Waals surface area contributed by atoms with Crippen molar-refractivity contribution in [1.29, 1.82) is 0 Å². The molecule has 1 unspecified atom stereocenters. The molecule has 0 heteroatoms. The van der Waals surface area contributed by atoms with Crippen molar-refractivity contribution in [3.63, 3.8) is 0 Å². The minimum absolute atomic E-state index is 0.755. The molecule has 0 aliphatic carbocycles. The van der Waals surface area contributed by atoms with Gasteiger partial charge < -0.3 is 0 Å². The Balaban J connectivity index is 2.54. The van der Waals surface area contributed by atoms with Crippen molar-refractivity contribution in [2.24, 2.45) is 11.8 Å². The molecule has 0 saturated carbocycles.